The van der Waals surface area contributed by atoms with Gasteiger partial charge in [0.2, 0.25) is 12.0 Å². The lowest BCUT2D eigenvalue weighted by Crippen LogP contribution is -2.71. The van der Waals surface area contributed by atoms with Crippen molar-refractivity contribution in [3.05, 3.63) is 35.4 Å². The van der Waals surface area contributed by atoms with E-state index in [0.29, 0.717) is 24.8 Å². The summed E-state index contributed by atoms with van der Waals surface area (Å²) in [5, 5.41) is 203. The van der Waals surface area contributed by atoms with Crippen molar-refractivity contribution in [2.45, 2.75) is 303 Å². The third kappa shape index (κ3) is 17.5. The zero-order valence-electron chi connectivity index (χ0n) is 69.3. The van der Waals surface area contributed by atoms with Crippen LogP contribution in [-0.4, -0.2) is 360 Å². The van der Waals surface area contributed by atoms with Crippen LogP contribution in [0.2, 0.25) is 0 Å². The Labute approximate surface area is 696 Å². The van der Waals surface area contributed by atoms with Gasteiger partial charge in [0, 0.05) is 11.5 Å². The van der Waals surface area contributed by atoms with Gasteiger partial charge >= 0.3 is 29.8 Å². The Balaban J connectivity index is 0.865. The number of esters is 3. The van der Waals surface area contributed by atoms with Gasteiger partial charge in [-0.05, 0) is 143 Å². The average molecular weight is 1730 g/mol. The van der Waals surface area contributed by atoms with Crippen LogP contribution in [0.15, 0.2) is 29.9 Å². The van der Waals surface area contributed by atoms with Crippen molar-refractivity contribution >= 4 is 35.9 Å². The predicted molar refractivity (Wildman–Crippen MR) is 402 cm³/mol. The number of hydrogen-bond acceptors (Lipinski definition) is 38. The summed E-state index contributed by atoms with van der Waals surface area (Å²) in [6, 6.07) is 3.07. The second-order valence-corrected chi connectivity index (χ2v) is 36.4. The molecule has 0 bridgehead atoms. The molecule has 40 heteroatoms. The third-order valence-corrected chi connectivity index (χ3v) is 28.2. The first-order valence-corrected chi connectivity index (χ1v) is 40.9. The molecule has 1 aromatic carbocycles. The van der Waals surface area contributed by atoms with Crippen molar-refractivity contribution in [3.63, 3.8) is 0 Å². The highest BCUT2D eigenvalue weighted by Gasteiger charge is 2.74. The minimum absolute atomic E-state index is 0.0477. The number of aliphatic hydroxyl groups excluding tert-OH is 14. The Hall–Kier alpha value is -5.63. The van der Waals surface area contributed by atoms with Crippen LogP contribution in [-0.2, 0) is 90.3 Å². The highest BCUT2D eigenvalue weighted by molar-refractivity contribution is 5.87. The lowest BCUT2D eigenvalue weighted by molar-refractivity contribution is -0.386. The highest BCUT2D eigenvalue weighted by Crippen LogP contribution is 2.76. The highest BCUT2D eigenvalue weighted by atomic mass is 16.8. The fraction of sp³-hybridized carbons (Fsp3) is 0.815. The van der Waals surface area contributed by atoms with E-state index in [4.69, 9.17) is 80.5 Å². The zero-order chi connectivity index (χ0) is 88.7. The minimum Gasteiger partial charge on any atom is -0.493 e. The molecule has 0 aromatic heterocycles. The summed E-state index contributed by atoms with van der Waals surface area (Å²) in [5.41, 5.74) is -10.4. The van der Waals surface area contributed by atoms with Crippen molar-refractivity contribution in [2.24, 2.45) is 50.2 Å². The van der Waals surface area contributed by atoms with Crippen LogP contribution < -0.4 is 14.2 Å². The zero-order valence-corrected chi connectivity index (χ0v) is 69.3. The molecule has 37 unspecified atom stereocenters. The molecular formula is C81H120O40. The van der Waals surface area contributed by atoms with Crippen molar-refractivity contribution in [1.82, 2.24) is 0 Å². The topological polar surface area (TPSA) is 606 Å². The molecule has 18 N–H and O–H groups in total. The normalized spacial score (nSPS) is 45.7. The Bertz CT molecular complexity index is 3870. The number of carbonyl (C=O) groups excluding carboxylic acids is 3. The molecule has 684 valence electrons. The van der Waals surface area contributed by atoms with E-state index in [-0.39, 0.29) is 55.8 Å². The summed E-state index contributed by atoms with van der Waals surface area (Å²) in [6.07, 6.45) is -44.7. The molecule has 5 aliphatic carbocycles. The van der Waals surface area contributed by atoms with Gasteiger partial charge in [0.15, 0.2) is 60.8 Å². The Morgan fingerprint density at radius 2 is 1.17 bits per heavy atom. The smallest absolute Gasteiger partial charge is 0.331 e. The van der Waals surface area contributed by atoms with Crippen molar-refractivity contribution in [3.8, 4) is 17.2 Å². The summed E-state index contributed by atoms with van der Waals surface area (Å²) in [7, 11) is 4.17. The molecule has 10 fully saturated rings. The molecule has 1 aromatic rings. The summed E-state index contributed by atoms with van der Waals surface area (Å²) in [4.78, 5) is 69.0. The Morgan fingerprint density at radius 3 is 1.79 bits per heavy atom. The van der Waals surface area contributed by atoms with Gasteiger partial charge in [-0.15, -0.1) is 0 Å². The molecule has 11 aliphatic rings. The summed E-state index contributed by atoms with van der Waals surface area (Å²) >= 11 is 0. The van der Waals surface area contributed by atoms with Gasteiger partial charge in [-0.25, -0.2) is 4.79 Å². The molecule has 0 amide bonds. The van der Waals surface area contributed by atoms with Gasteiger partial charge in [0.1, 0.15) is 104 Å². The number of ether oxygens (including phenoxy) is 17. The van der Waals surface area contributed by atoms with Gasteiger partial charge < -0.3 is 172 Å². The molecule has 6 heterocycles. The van der Waals surface area contributed by atoms with Crippen molar-refractivity contribution < 1.29 is 196 Å². The van der Waals surface area contributed by atoms with Crippen LogP contribution >= 0.6 is 0 Å². The number of carboxylic acids is 2. The largest absolute Gasteiger partial charge is 0.493 e. The number of rotatable bonds is 28. The number of methoxy groups -OCH3 is 3. The molecule has 6 saturated heterocycles. The average Bonchev–Trinajstić information content (AvgIpc) is 1.05. The van der Waals surface area contributed by atoms with Gasteiger partial charge in [-0.1, -0.05) is 39.3 Å². The summed E-state index contributed by atoms with van der Waals surface area (Å²) in [5.74, 6) is -7.13. The first-order valence-electron chi connectivity index (χ1n) is 40.9. The quantitative estimate of drug-likeness (QED) is 0.0131. The first-order chi connectivity index (χ1) is 56.8. The van der Waals surface area contributed by atoms with Crippen LogP contribution in [0.3, 0.4) is 0 Å². The lowest BCUT2D eigenvalue weighted by Gasteiger charge is -2.71. The number of carboxylic acid groups (broad SMARTS) is 2. The lowest BCUT2D eigenvalue weighted by atomic mass is 9.33. The van der Waals surface area contributed by atoms with E-state index in [1.165, 1.54) is 60.3 Å². The maximum Gasteiger partial charge on any atom is 0.331 e. The monoisotopic (exact) mass is 1730 g/mol. The number of benzene rings is 1. The Kier molecular flexibility index (Phi) is 28.3. The van der Waals surface area contributed by atoms with E-state index in [1.807, 2.05) is 26.8 Å². The maximum atomic E-state index is 16.3. The van der Waals surface area contributed by atoms with Crippen LogP contribution in [0, 0.1) is 50.2 Å². The number of aliphatic hydroxyl groups is 16. The van der Waals surface area contributed by atoms with Gasteiger partial charge in [0.05, 0.1) is 102 Å². The molecule has 0 spiro atoms. The van der Waals surface area contributed by atoms with E-state index in [9.17, 15) is 111 Å². The molecule has 121 heavy (non-hydrogen) atoms. The molecule has 6 aliphatic heterocycles. The van der Waals surface area contributed by atoms with E-state index in [2.05, 4.69) is 6.92 Å². The second-order valence-electron chi connectivity index (χ2n) is 36.4. The first kappa shape index (κ1) is 94.5. The summed E-state index contributed by atoms with van der Waals surface area (Å²) < 4.78 is 101. The number of fused-ring (bicyclic) bond motifs is 7. The number of aliphatic carboxylic acids is 2. The molecule has 12 rings (SSSR count). The second kappa shape index (κ2) is 36.3. The van der Waals surface area contributed by atoms with Crippen LogP contribution in [0.5, 0.6) is 17.2 Å². The predicted octanol–water partition coefficient (Wildman–Crippen LogP) is -2.95. The van der Waals surface area contributed by atoms with Crippen LogP contribution in [0.4, 0.5) is 0 Å². The van der Waals surface area contributed by atoms with Crippen molar-refractivity contribution in [1.29, 1.82) is 0 Å². The van der Waals surface area contributed by atoms with E-state index < -0.39 is 310 Å². The SMILES string of the molecule is COc1cc(C=CC(=O)OC2C(C)OC(OC(=O)C34CCC(C)(C)CC3C3=CCC5C6(C)CC(O)C(OC7OC(CO)C(O)C(O)C7O)C(C)(C(=O)O)C6CCC5(C)C3(CO)CC4)C(OC3OC(C)C(OC4OCC(O)C(OC5OC(CO)C(O)C5O)C4O)C(OC4OCC(O)(COC(=O)CC(C)(O)CC(=O)O)C4O)C3O)C2O)cc(OC)c1OC. The fourth-order valence-electron chi connectivity index (χ4n) is 21.5. The van der Waals surface area contributed by atoms with E-state index in [1.54, 1.807) is 0 Å². The number of allylic oxidation sites excluding steroid dienone is 1. The number of hydrogen-bond donors (Lipinski definition) is 18. The summed E-state index contributed by atoms with van der Waals surface area (Å²) in [6.45, 7) is 8.73. The molecular weight excluding hydrogens is 1610 g/mol. The maximum absolute atomic E-state index is 16.3. The number of carbonyl (C=O) groups is 5. The van der Waals surface area contributed by atoms with E-state index >= 15 is 4.79 Å². The van der Waals surface area contributed by atoms with Crippen molar-refractivity contribution in [2.75, 3.05) is 61.0 Å². The Morgan fingerprint density at radius 1 is 0.587 bits per heavy atom. The van der Waals surface area contributed by atoms with E-state index in [0.717, 1.165) is 18.6 Å². The van der Waals surface area contributed by atoms with Crippen LogP contribution in [0.1, 0.15) is 132 Å². The van der Waals surface area contributed by atoms with Gasteiger partial charge in [-0.2, -0.15) is 0 Å². The molecule has 37 atom stereocenters. The van der Waals surface area contributed by atoms with Gasteiger partial charge in [-0.3, -0.25) is 19.2 Å². The van der Waals surface area contributed by atoms with Gasteiger partial charge in [0.25, 0.3) is 0 Å². The molecule has 40 nitrogen and oxygen atoms in total. The van der Waals surface area contributed by atoms with Crippen LogP contribution in [0.25, 0.3) is 6.08 Å². The molecule has 0 radical (unpaired) electrons. The fourth-order valence-corrected chi connectivity index (χ4v) is 21.5. The standard InChI is InChI=1S/C81H120O40/c1-34-58(115-48(89)15-12-36-22-41(105-9)61(107-11)42(23-36)106-10)55(96)63(119-69-57(98)62(118-71-64(99)81(104,33-110-71)32-109-49(90)27-75(5,103)26-47(87)88)59(35(2)111-69)116-66-56(97)60(40(86)30-108-66)117-67-53(94)51(92)44(29-83)113-67)70(112-34)121-73(102)79-19-18-74(3,4)24-38(79)37-13-14-45-76(6)25-39(85)65(120-68-54(95)52(93)50(91)43(28-82)114-68)78(8,72(100)101)46(76)16-17-77(45,7)80(37,31-84)21-20-79/h12-13,15,22-23,34-35,38-40,43-46,50-60,62-71,82-86,91-99,103-104H,14,16-21,24-33H2,1-11H3,(H,87,88)(H,100,101). The minimum atomic E-state index is -2.55. The third-order valence-electron chi connectivity index (χ3n) is 28.2. The molecule has 4 saturated carbocycles.